The maximum absolute atomic E-state index is 12.8. The zero-order valence-corrected chi connectivity index (χ0v) is 20.6. The molecule has 4 aliphatic carbocycles. The maximum atomic E-state index is 12.8. The van der Waals surface area contributed by atoms with Crippen LogP contribution in [0.15, 0.2) is 40.8 Å². The topological polar surface area (TPSA) is 67.2 Å². The number of fused-ring (bicyclic) bond motifs is 1. The SMILES string of the molecule is Cc1cc(C)c2oc(-c3ccc(NC(=S)NC(=O)CC45CC6CC(CC(C6)C4)C5)cc3)nc2c1. The van der Waals surface area contributed by atoms with Gasteiger partial charge in [-0.15, -0.1) is 0 Å². The number of hydrogen-bond acceptors (Lipinski definition) is 4. The van der Waals surface area contributed by atoms with Crippen LogP contribution < -0.4 is 10.6 Å². The zero-order valence-electron chi connectivity index (χ0n) is 19.8. The van der Waals surface area contributed by atoms with E-state index in [4.69, 9.17) is 16.6 Å². The fourth-order valence-corrected chi connectivity index (χ4v) is 7.61. The quantitative estimate of drug-likeness (QED) is 0.422. The second-order valence-electron chi connectivity index (χ2n) is 11.1. The van der Waals surface area contributed by atoms with Gasteiger partial charge in [-0.1, -0.05) is 6.07 Å². The Morgan fingerprint density at radius 1 is 1.06 bits per heavy atom. The number of anilines is 1. The van der Waals surface area contributed by atoms with Crippen molar-refractivity contribution in [2.45, 2.75) is 58.8 Å². The number of aryl methyl sites for hydroxylation is 2. The van der Waals surface area contributed by atoms with Gasteiger partial charge in [0, 0.05) is 17.7 Å². The highest BCUT2D eigenvalue weighted by molar-refractivity contribution is 7.80. The molecule has 4 saturated carbocycles. The van der Waals surface area contributed by atoms with Crippen LogP contribution >= 0.6 is 12.2 Å². The molecule has 0 radical (unpaired) electrons. The van der Waals surface area contributed by atoms with Crippen molar-refractivity contribution in [2.75, 3.05) is 5.32 Å². The Morgan fingerprint density at radius 2 is 1.71 bits per heavy atom. The second-order valence-corrected chi connectivity index (χ2v) is 11.5. The van der Waals surface area contributed by atoms with Crippen molar-refractivity contribution in [2.24, 2.45) is 23.2 Å². The van der Waals surface area contributed by atoms with E-state index in [1.165, 1.54) is 44.1 Å². The predicted octanol–water partition coefficient (Wildman–Crippen LogP) is 6.53. The Hall–Kier alpha value is -2.73. The summed E-state index contributed by atoms with van der Waals surface area (Å²) in [6, 6.07) is 11.9. The standard InChI is InChI=1S/C28H31N3O2S/c1-16-7-17(2)25-23(8-16)30-26(33-25)21-3-5-22(6-4-21)29-27(34)31-24(32)15-28-12-18-9-19(13-28)11-20(10-18)14-28/h3-8,18-20H,9-15H2,1-2H3,(H2,29,31,32,34). The Bertz CT molecular complexity index is 1240. The van der Waals surface area contributed by atoms with Crippen molar-refractivity contribution in [1.82, 2.24) is 10.3 Å². The van der Waals surface area contributed by atoms with Gasteiger partial charge in [0.15, 0.2) is 10.7 Å². The third kappa shape index (κ3) is 4.13. The third-order valence-corrected chi connectivity index (χ3v) is 8.37. The molecule has 1 heterocycles. The van der Waals surface area contributed by atoms with Crippen LogP contribution in [0.25, 0.3) is 22.6 Å². The summed E-state index contributed by atoms with van der Waals surface area (Å²) in [4.78, 5) is 17.5. The summed E-state index contributed by atoms with van der Waals surface area (Å²) in [5.74, 6) is 3.18. The molecule has 0 aliphatic heterocycles. The predicted molar refractivity (Wildman–Crippen MR) is 139 cm³/mol. The van der Waals surface area contributed by atoms with Gasteiger partial charge in [0.1, 0.15) is 5.52 Å². The fourth-order valence-electron chi connectivity index (χ4n) is 7.38. The average molecular weight is 474 g/mol. The van der Waals surface area contributed by atoms with Gasteiger partial charge in [0.25, 0.3) is 0 Å². The molecule has 0 spiro atoms. The van der Waals surface area contributed by atoms with E-state index in [0.717, 1.165) is 45.7 Å². The number of benzene rings is 2. The van der Waals surface area contributed by atoms with E-state index in [-0.39, 0.29) is 11.3 Å². The van der Waals surface area contributed by atoms with Gasteiger partial charge in [0.05, 0.1) is 0 Å². The summed E-state index contributed by atoms with van der Waals surface area (Å²) in [6.45, 7) is 4.10. The van der Waals surface area contributed by atoms with Gasteiger partial charge >= 0.3 is 0 Å². The van der Waals surface area contributed by atoms with Crippen LogP contribution in [0.5, 0.6) is 0 Å². The molecule has 176 valence electrons. The molecule has 0 saturated heterocycles. The number of aromatic nitrogens is 1. The molecule has 1 amide bonds. The fraction of sp³-hybridized carbons (Fsp3) is 0.464. The Balaban J connectivity index is 1.08. The summed E-state index contributed by atoms with van der Waals surface area (Å²) in [7, 11) is 0. The molecule has 4 bridgehead atoms. The largest absolute Gasteiger partial charge is 0.436 e. The Morgan fingerprint density at radius 3 is 2.35 bits per heavy atom. The molecule has 34 heavy (non-hydrogen) atoms. The molecular weight excluding hydrogens is 442 g/mol. The molecule has 5 nitrogen and oxygen atoms in total. The van der Waals surface area contributed by atoms with Gasteiger partial charge in [0.2, 0.25) is 11.8 Å². The number of oxazole rings is 1. The van der Waals surface area contributed by atoms with Crippen molar-refractivity contribution >= 4 is 40.0 Å². The third-order valence-electron chi connectivity index (χ3n) is 8.16. The summed E-state index contributed by atoms with van der Waals surface area (Å²) in [5.41, 5.74) is 5.89. The lowest BCUT2D eigenvalue weighted by Crippen LogP contribution is -2.48. The number of amides is 1. The van der Waals surface area contributed by atoms with Gasteiger partial charge in [-0.05, 0) is 129 Å². The molecular formula is C28H31N3O2S. The lowest BCUT2D eigenvalue weighted by molar-refractivity contribution is -0.127. The molecule has 0 unspecified atom stereocenters. The molecule has 0 atom stereocenters. The van der Waals surface area contributed by atoms with Crippen molar-refractivity contribution in [3.63, 3.8) is 0 Å². The summed E-state index contributed by atoms with van der Waals surface area (Å²) in [5, 5.41) is 6.44. The van der Waals surface area contributed by atoms with E-state index in [1.807, 2.05) is 37.3 Å². The number of carbonyl (C=O) groups is 1. The van der Waals surface area contributed by atoms with Gasteiger partial charge in [-0.3, -0.25) is 4.79 Å². The minimum absolute atomic E-state index is 0.0493. The minimum atomic E-state index is 0.0493. The Labute approximate surface area is 205 Å². The van der Waals surface area contributed by atoms with Crippen molar-refractivity contribution in [3.05, 3.63) is 47.5 Å². The highest BCUT2D eigenvalue weighted by atomic mass is 32.1. The first-order chi connectivity index (χ1) is 16.3. The summed E-state index contributed by atoms with van der Waals surface area (Å²) in [6.07, 6.45) is 8.45. The van der Waals surface area contributed by atoms with Crippen LogP contribution in [0.3, 0.4) is 0 Å². The molecule has 2 N–H and O–H groups in total. The lowest BCUT2D eigenvalue weighted by atomic mass is 9.49. The van der Waals surface area contributed by atoms with E-state index < -0.39 is 0 Å². The number of hydrogen-bond donors (Lipinski definition) is 2. The Kier molecular flexibility index (Phi) is 5.25. The van der Waals surface area contributed by atoms with Gasteiger partial charge in [-0.25, -0.2) is 4.98 Å². The molecule has 4 aliphatic rings. The first-order valence-corrected chi connectivity index (χ1v) is 12.8. The number of thiocarbonyl (C=S) groups is 1. The summed E-state index contributed by atoms with van der Waals surface area (Å²) < 4.78 is 6.01. The maximum Gasteiger partial charge on any atom is 0.227 e. The number of carbonyl (C=O) groups excluding carboxylic acids is 1. The van der Waals surface area contributed by atoms with Crippen molar-refractivity contribution in [1.29, 1.82) is 0 Å². The average Bonchev–Trinajstić information content (AvgIpc) is 3.17. The highest BCUT2D eigenvalue weighted by Gasteiger charge is 2.51. The lowest BCUT2D eigenvalue weighted by Gasteiger charge is -2.56. The van der Waals surface area contributed by atoms with E-state index in [0.29, 0.717) is 17.4 Å². The number of rotatable bonds is 4. The molecule has 7 rings (SSSR count). The normalized spacial score (nSPS) is 27.2. The molecule has 6 heteroatoms. The molecule has 1 aromatic heterocycles. The minimum Gasteiger partial charge on any atom is -0.436 e. The van der Waals surface area contributed by atoms with Crippen LogP contribution in [0, 0.1) is 37.0 Å². The highest BCUT2D eigenvalue weighted by Crippen LogP contribution is 2.61. The van der Waals surface area contributed by atoms with Crippen LogP contribution in [-0.2, 0) is 4.79 Å². The monoisotopic (exact) mass is 473 g/mol. The van der Waals surface area contributed by atoms with E-state index >= 15 is 0 Å². The van der Waals surface area contributed by atoms with Crippen LogP contribution in [0.1, 0.15) is 56.1 Å². The summed E-state index contributed by atoms with van der Waals surface area (Å²) >= 11 is 5.44. The first-order valence-electron chi connectivity index (χ1n) is 12.4. The first kappa shape index (κ1) is 21.8. The van der Waals surface area contributed by atoms with Crippen LogP contribution in [0.4, 0.5) is 5.69 Å². The molecule has 2 aromatic carbocycles. The van der Waals surface area contributed by atoms with E-state index in [9.17, 15) is 4.79 Å². The van der Waals surface area contributed by atoms with E-state index in [2.05, 4.69) is 28.6 Å². The number of nitrogens with one attached hydrogen (secondary N) is 2. The zero-order chi connectivity index (χ0) is 23.4. The van der Waals surface area contributed by atoms with Crippen LogP contribution in [0.2, 0.25) is 0 Å². The van der Waals surface area contributed by atoms with Crippen molar-refractivity contribution in [3.8, 4) is 11.5 Å². The van der Waals surface area contributed by atoms with Crippen LogP contribution in [-0.4, -0.2) is 16.0 Å². The number of nitrogens with zero attached hydrogens (tertiary/aromatic N) is 1. The van der Waals surface area contributed by atoms with Gasteiger partial charge < -0.3 is 15.1 Å². The van der Waals surface area contributed by atoms with Crippen molar-refractivity contribution < 1.29 is 9.21 Å². The molecule has 4 fully saturated rings. The molecule has 3 aromatic rings. The second kappa shape index (κ2) is 8.19. The van der Waals surface area contributed by atoms with E-state index in [1.54, 1.807) is 0 Å². The smallest absolute Gasteiger partial charge is 0.227 e. The van der Waals surface area contributed by atoms with Gasteiger partial charge in [-0.2, -0.15) is 0 Å².